The second-order valence-electron chi connectivity index (χ2n) is 6.07. The first-order valence-electron chi connectivity index (χ1n) is 8.26. The third-order valence-electron chi connectivity index (χ3n) is 3.49. The van der Waals surface area contributed by atoms with Gasteiger partial charge in [0.1, 0.15) is 5.75 Å². The maximum atomic E-state index is 5.98. The summed E-state index contributed by atoms with van der Waals surface area (Å²) in [5.41, 5.74) is 2.76. The number of nitrogens with zero attached hydrogens (tertiary/aromatic N) is 3. The molecule has 0 bridgehead atoms. The Hall–Kier alpha value is -2.86. The van der Waals surface area contributed by atoms with E-state index in [-0.39, 0.29) is 6.10 Å². The van der Waals surface area contributed by atoms with Crippen molar-refractivity contribution in [1.29, 1.82) is 0 Å². The van der Waals surface area contributed by atoms with Crippen LogP contribution in [0.5, 0.6) is 5.75 Å². The van der Waals surface area contributed by atoms with Gasteiger partial charge in [0, 0.05) is 16.4 Å². The van der Waals surface area contributed by atoms with Crippen LogP contribution in [0.1, 0.15) is 19.4 Å². The van der Waals surface area contributed by atoms with Crippen molar-refractivity contribution in [3.05, 3.63) is 59.2 Å². The minimum Gasteiger partial charge on any atom is -0.491 e. The highest BCUT2D eigenvalue weighted by Crippen LogP contribution is 2.23. The number of halogens is 1. The number of benzene rings is 2. The first-order chi connectivity index (χ1) is 12.5. The van der Waals surface area contributed by atoms with Crippen molar-refractivity contribution in [2.24, 2.45) is 0 Å². The van der Waals surface area contributed by atoms with Crippen LogP contribution in [0.25, 0.3) is 0 Å². The van der Waals surface area contributed by atoms with E-state index in [1.165, 1.54) is 0 Å². The summed E-state index contributed by atoms with van der Waals surface area (Å²) in [7, 11) is 0. The van der Waals surface area contributed by atoms with E-state index in [2.05, 4.69) is 25.8 Å². The predicted octanol–water partition coefficient (Wildman–Crippen LogP) is 5.11. The smallest absolute Gasteiger partial charge is 0.249 e. The van der Waals surface area contributed by atoms with Gasteiger partial charge in [0.25, 0.3) is 0 Å². The Labute approximate surface area is 157 Å². The third kappa shape index (κ3) is 4.83. The third-order valence-corrected chi connectivity index (χ3v) is 3.73. The van der Waals surface area contributed by atoms with Gasteiger partial charge >= 0.3 is 0 Å². The van der Waals surface area contributed by atoms with Crippen LogP contribution in [0.3, 0.4) is 0 Å². The van der Waals surface area contributed by atoms with Crippen molar-refractivity contribution < 1.29 is 4.74 Å². The molecule has 1 aromatic heterocycles. The van der Waals surface area contributed by atoms with Crippen LogP contribution in [-0.4, -0.2) is 21.3 Å². The zero-order valence-electron chi connectivity index (χ0n) is 14.8. The van der Waals surface area contributed by atoms with Crippen LogP contribution in [-0.2, 0) is 0 Å². The molecule has 0 fully saturated rings. The lowest BCUT2D eigenvalue weighted by Crippen LogP contribution is -2.05. The van der Waals surface area contributed by atoms with Crippen molar-refractivity contribution >= 4 is 34.7 Å². The summed E-state index contributed by atoms with van der Waals surface area (Å²) in [6, 6.07) is 13.2. The first-order valence-corrected chi connectivity index (χ1v) is 8.64. The number of hydrogen-bond acceptors (Lipinski definition) is 6. The van der Waals surface area contributed by atoms with Crippen molar-refractivity contribution in [1.82, 2.24) is 15.2 Å². The molecule has 134 valence electrons. The van der Waals surface area contributed by atoms with Crippen molar-refractivity contribution in [3.8, 4) is 5.75 Å². The number of nitrogens with one attached hydrogen (secondary N) is 2. The second-order valence-corrected chi connectivity index (χ2v) is 6.50. The van der Waals surface area contributed by atoms with E-state index >= 15 is 0 Å². The summed E-state index contributed by atoms with van der Waals surface area (Å²) in [5.74, 6) is 1.82. The molecule has 0 saturated carbocycles. The van der Waals surface area contributed by atoms with Gasteiger partial charge < -0.3 is 15.4 Å². The largest absolute Gasteiger partial charge is 0.491 e. The minimum absolute atomic E-state index is 0.143. The monoisotopic (exact) mass is 369 g/mol. The quantitative estimate of drug-likeness (QED) is 0.629. The van der Waals surface area contributed by atoms with Gasteiger partial charge in [0.2, 0.25) is 5.95 Å². The van der Waals surface area contributed by atoms with Gasteiger partial charge in [0.15, 0.2) is 5.82 Å². The van der Waals surface area contributed by atoms with Crippen molar-refractivity contribution in [2.75, 3.05) is 10.6 Å². The summed E-state index contributed by atoms with van der Waals surface area (Å²) in [6.07, 6.45) is 1.71. The number of anilines is 4. The molecule has 7 heteroatoms. The predicted molar refractivity (Wildman–Crippen MR) is 105 cm³/mol. The van der Waals surface area contributed by atoms with Gasteiger partial charge in [0.05, 0.1) is 12.3 Å². The standard InChI is InChI=1S/C19H20ClN5O/c1-12(2)26-16-7-5-15(6-8-16)22-18-11-21-25-19(24-18)23-17-9-4-14(20)10-13(17)3/h4-12H,1-3H3,(H2,22,23,24,25). The summed E-state index contributed by atoms with van der Waals surface area (Å²) >= 11 is 5.98. The van der Waals surface area contributed by atoms with Crippen molar-refractivity contribution in [3.63, 3.8) is 0 Å². The van der Waals surface area contributed by atoms with E-state index in [0.29, 0.717) is 16.8 Å². The molecule has 6 nitrogen and oxygen atoms in total. The molecule has 1 heterocycles. The maximum Gasteiger partial charge on any atom is 0.249 e. The number of aromatic nitrogens is 3. The fraction of sp³-hybridized carbons (Fsp3) is 0.211. The first kappa shape index (κ1) is 17.9. The molecule has 0 atom stereocenters. The van der Waals surface area contributed by atoms with Crippen LogP contribution in [0.4, 0.5) is 23.1 Å². The molecule has 0 radical (unpaired) electrons. The van der Waals surface area contributed by atoms with Crippen molar-refractivity contribution in [2.45, 2.75) is 26.9 Å². The molecule has 26 heavy (non-hydrogen) atoms. The van der Waals surface area contributed by atoms with Crippen LogP contribution in [0, 0.1) is 6.92 Å². The van der Waals surface area contributed by atoms with Crippen LogP contribution in [0.2, 0.25) is 5.02 Å². The Bertz CT molecular complexity index is 883. The maximum absolute atomic E-state index is 5.98. The summed E-state index contributed by atoms with van der Waals surface area (Å²) in [5, 5.41) is 15.1. The number of aryl methyl sites for hydroxylation is 1. The topological polar surface area (TPSA) is 72.0 Å². The highest BCUT2D eigenvalue weighted by molar-refractivity contribution is 6.30. The van der Waals surface area contributed by atoms with Gasteiger partial charge in [-0.25, -0.2) is 0 Å². The molecule has 2 aromatic carbocycles. The van der Waals surface area contributed by atoms with Gasteiger partial charge in [-0.15, -0.1) is 5.10 Å². The Balaban J connectivity index is 1.71. The highest BCUT2D eigenvalue weighted by Gasteiger charge is 2.05. The minimum atomic E-state index is 0.143. The molecule has 0 aliphatic rings. The molecular formula is C19H20ClN5O. The molecule has 0 aliphatic carbocycles. The molecule has 0 unspecified atom stereocenters. The molecule has 0 saturated heterocycles. The number of hydrogen-bond donors (Lipinski definition) is 2. The normalized spacial score (nSPS) is 10.7. The van der Waals surface area contributed by atoms with E-state index in [1.54, 1.807) is 6.20 Å². The molecule has 3 rings (SSSR count). The number of rotatable bonds is 6. The fourth-order valence-electron chi connectivity index (χ4n) is 2.34. The molecular weight excluding hydrogens is 350 g/mol. The highest BCUT2D eigenvalue weighted by atomic mass is 35.5. The lowest BCUT2D eigenvalue weighted by molar-refractivity contribution is 0.242. The van der Waals surface area contributed by atoms with E-state index in [0.717, 1.165) is 22.7 Å². The Morgan fingerprint density at radius 1 is 1.04 bits per heavy atom. The lowest BCUT2D eigenvalue weighted by atomic mass is 10.2. The average Bonchev–Trinajstić information content (AvgIpc) is 2.59. The second kappa shape index (κ2) is 8.01. The van der Waals surface area contributed by atoms with E-state index in [4.69, 9.17) is 16.3 Å². The van der Waals surface area contributed by atoms with Crippen LogP contribution < -0.4 is 15.4 Å². The van der Waals surface area contributed by atoms with Gasteiger partial charge in [-0.05, 0) is 68.8 Å². The van der Waals surface area contributed by atoms with E-state index in [1.807, 2.05) is 63.2 Å². The summed E-state index contributed by atoms with van der Waals surface area (Å²) in [6.45, 7) is 5.95. The average molecular weight is 370 g/mol. The van der Waals surface area contributed by atoms with Gasteiger partial charge in [-0.2, -0.15) is 10.1 Å². The summed E-state index contributed by atoms with van der Waals surface area (Å²) in [4.78, 5) is 4.44. The lowest BCUT2D eigenvalue weighted by Gasteiger charge is -2.11. The molecule has 0 amide bonds. The number of ether oxygens (including phenoxy) is 1. The van der Waals surface area contributed by atoms with Gasteiger partial charge in [-0.1, -0.05) is 11.6 Å². The van der Waals surface area contributed by atoms with Crippen LogP contribution >= 0.6 is 11.6 Å². The Morgan fingerprint density at radius 3 is 2.50 bits per heavy atom. The van der Waals surface area contributed by atoms with E-state index in [9.17, 15) is 0 Å². The summed E-state index contributed by atoms with van der Waals surface area (Å²) < 4.78 is 5.64. The SMILES string of the molecule is Cc1cc(Cl)ccc1Nc1nncc(Nc2ccc(OC(C)C)cc2)n1. The molecule has 0 spiro atoms. The molecule has 0 aliphatic heterocycles. The molecule has 3 aromatic rings. The molecule has 2 N–H and O–H groups in total. The van der Waals surface area contributed by atoms with Gasteiger partial charge in [-0.3, -0.25) is 0 Å². The Kier molecular flexibility index (Phi) is 5.53. The van der Waals surface area contributed by atoms with E-state index < -0.39 is 0 Å². The zero-order chi connectivity index (χ0) is 18.5. The van der Waals surface area contributed by atoms with Crippen LogP contribution in [0.15, 0.2) is 48.7 Å². The fourth-order valence-corrected chi connectivity index (χ4v) is 2.57. The zero-order valence-corrected chi connectivity index (χ0v) is 15.6. The Morgan fingerprint density at radius 2 is 1.81 bits per heavy atom.